The molecule has 2 unspecified atom stereocenters. The molecule has 0 radical (unpaired) electrons. The summed E-state index contributed by atoms with van der Waals surface area (Å²) in [6, 6.07) is 19.7. The zero-order valence-electron chi connectivity index (χ0n) is 20.3. The van der Waals surface area contributed by atoms with Crippen LogP contribution < -0.4 is 5.69 Å². The summed E-state index contributed by atoms with van der Waals surface area (Å²) in [6.45, 7) is 5.04. The second-order valence-electron chi connectivity index (χ2n) is 9.61. The molecular formula is C28H30Cl2F2N4O. The van der Waals surface area contributed by atoms with E-state index in [4.69, 9.17) is 0 Å². The van der Waals surface area contributed by atoms with Crippen LogP contribution in [0.25, 0.3) is 11.0 Å². The fourth-order valence-corrected chi connectivity index (χ4v) is 5.85. The average molecular weight is 547 g/mol. The van der Waals surface area contributed by atoms with Gasteiger partial charge in [0.15, 0.2) is 0 Å². The highest BCUT2D eigenvalue weighted by atomic mass is 35.5. The lowest BCUT2D eigenvalue weighted by atomic mass is 9.93. The Kier molecular flexibility index (Phi) is 8.39. The van der Waals surface area contributed by atoms with E-state index < -0.39 is 0 Å². The molecule has 6 rings (SSSR count). The molecule has 2 atom stereocenters. The molecule has 0 saturated carbocycles. The number of para-hydroxylation sites is 2. The third-order valence-electron chi connectivity index (χ3n) is 7.68. The summed E-state index contributed by atoms with van der Waals surface area (Å²) >= 11 is 0. The molecule has 2 heterocycles. The van der Waals surface area contributed by atoms with Gasteiger partial charge in [0.1, 0.15) is 11.6 Å². The maximum absolute atomic E-state index is 14.2. The smallest absolute Gasteiger partial charge is 0.306 e. The molecule has 37 heavy (non-hydrogen) atoms. The van der Waals surface area contributed by atoms with Gasteiger partial charge < -0.3 is 4.98 Å². The Balaban J connectivity index is 0.00000160. The van der Waals surface area contributed by atoms with Crippen LogP contribution in [0.2, 0.25) is 0 Å². The summed E-state index contributed by atoms with van der Waals surface area (Å²) in [4.78, 5) is 20.1. The highest BCUT2D eigenvalue weighted by Gasteiger charge is 2.36. The maximum atomic E-state index is 14.2. The molecule has 1 fully saturated rings. The van der Waals surface area contributed by atoms with Crippen LogP contribution in [-0.4, -0.2) is 52.1 Å². The van der Waals surface area contributed by atoms with E-state index in [-0.39, 0.29) is 54.1 Å². The van der Waals surface area contributed by atoms with Gasteiger partial charge in [0.2, 0.25) is 0 Å². The molecule has 1 saturated heterocycles. The Morgan fingerprint density at radius 3 is 2.27 bits per heavy atom. The van der Waals surface area contributed by atoms with Crippen LogP contribution in [0.3, 0.4) is 0 Å². The SMILES string of the molecule is Cl.Cl.O=c1[nH]c2ccccc2n1CCN1CCN(C2CC(c3ccc(F)cc3)c3ccc(F)cc32)CC1. The summed E-state index contributed by atoms with van der Waals surface area (Å²) in [5.74, 6) is -0.312. The minimum absolute atomic E-state index is 0. The molecular weight excluding hydrogens is 517 g/mol. The standard InChI is InChI=1S/C28H28F2N4O.2ClH/c29-20-7-5-19(6-8-20)23-18-27(24-17-21(30)9-10-22(23)24)33-14-11-32(12-15-33)13-16-34-26-4-2-1-3-25(26)31-28(34)35;;/h1-10,17,23,27H,11-16,18H2,(H,31,35);2*1H. The number of hydrogen-bond donors (Lipinski definition) is 1. The molecule has 9 heteroatoms. The molecule has 196 valence electrons. The van der Waals surface area contributed by atoms with Crippen molar-refractivity contribution >= 4 is 35.8 Å². The zero-order valence-corrected chi connectivity index (χ0v) is 21.9. The van der Waals surface area contributed by atoms with Gasteiger partial charge in [0.05, 0.1) is 11.0 Å². The zero-order chi connectivity index (χ0) is 23.9. The number of aromatic nitrogens is 2. The van der Waals surface area contributed by atoms with Crippen molar-refractivity contribution in [2.75, 3.05) is 32.7 Å². The van der Waals surface area contributed by atoms with Crippen LogP contribution in [0.5, 0.6) is 0 Å². The van der Waals surface area contributed by atoms with E-state index in [9.17, 15) is 13.6 Å². The minimum Gasteiger partial charge on any atom is -0.306 e. The second kappa shape index (κ2) is 11.4. The monoisotopic (exact) mass is 546 g/mol. The van der Waals surface area contributed by atoms with Gasteiger partial charge in [-0.25, -0.2) is 13.6 Å². The van der Waals surface area contributed by atoms with Crippen molar-refractivity contribution in [3.8, 4) is 0 Å². The molecule has 1 aromatic heterocycles. The largest absolute Gasteiger partial charge is 0.326 e. The van der Waals surface area contributed by atoms with Crippen molar-refractivity contribution in [1.29, 1.82) is 0 Å². The molecule has 1 aliphatic heterocycles. The predicted molar refractivity (Wildman–Crippen MR) is 147 cm³/mol. The number of rotatable bonds is 5. The summed E-state index contributed by atoms with van der Waals surface area (Å²) in [5.41, 5.74) is 5.01. The molecule has 5 nitrogen and oxygen atoms in total. The Hall–Kier alpha value is -2.71. The maximum Gasteiger partial charge on any atom is 0.326 e. The molecule has 0 amide bonds. The fraction of sp³-hybridized carbons (Fsp3) is 0.321. The third kappa shape index (κ3) is 5.32. The molecule has 0 bridgehead atoms. The van der Waals surface area contributed by atoms with E-state index in [0.29, 0.717) is 6.54 Å². The Morgan fingerprint density at radius 2 is 1.51 bits per heavy atom. The van der Waals surface area contributed by atoms with E-state index in [1.165, 1.54) is 18.2 Å². The van der Waals surface area contributed by atoms with Gasteiger partial charge >= 0.3 is 5.69 Å². The summed E-state index contributed by atoms with van der Waals surface area (Å²) < 4.78 is 29.5. The van der Waals surface area contributed by atoms with Crippen molar-refractivity contribution in [1.82, 2.24) is 19.4 Å². The number of nitrogens with one attached hydrogen (secondary N) is 1. The van der Waals surface area contributed by atoms with Crippen molar-refractivity contribution in [3.63, 3.8) is 0 Å². The van der Waals surface area contributed by atoms with Gasteiger partial charge in [-0.05, 0) is 59.5 Å². The number of benzene rings is 3. The molecule has 1 aliphatic carbocycles. The third-order valence-corrected chi connectivity index (χ3v) is 7.68. The molecule has 4 aromatic rings. The topological polar surface area (TPSA) is 44.3 Å². The lowest BCUT2D eigenvalue weighted by Crippen LogP contribution is -2.48. The van der Waals surface area contributed by atoms with Crippen molar-refractivity contribution in [3.05, 3.63) is 106 Å². The second-order valence-corrected chi connectivity index (χ2v) is 9.61. The van der Waals surface area contributed by atoms with Gasteiger partial charge in [-0.2, -0.15) is 0 Å². The van der Waals surface area contributed by atoms with Crippen LogP contribution in [0.1, 0.15) is 35.1 Å². The minimum atomic E-state index is -0.242. The summed E-state index contributed by atoms with van der Waals surface area (Å²) in [6.07, 6.45) is 0.870. The first-order valence-corrected chi connectivity index (χ1v) is 12.3. The van der Waals surface area contributed by atoms with Crippen LogP contribution in [0, 0.1) is 11.6 Å². The fourth-order valence-electron chi connectivity index (χ4n) is 5.85. The molecule has 1 N–H and O–H groups in total. The van der Waals surface area contributed by atoms with Crippen molar-refractivity contribution < 1.29 is 8.78 Å². The number of aromatic amines is 1. The molecule has 3 aromatic carbocycles. The van der Waals surface area contributed by atoms with E-state index >= 15 is 0 Å². The van der Waals surface area contributed by atoms with E-state index in [2.05, 4.69) is 14.8 Å². The van der Waals surface area contributed by atoms with Gasteiger partial charge in [0, 0.05) is 51.2 Å². The lowest BCUT2D eigenvalue weighted by Gasteiger charge is -2.38. The normalized spacial score (nSPS) is 19.8. The Morgan fingerprint density at radius 1 is 0.811 bits per heavy atom. The summed E-state index contributed by atoms with van der Waals surface area (Å²) in [5, 5.41) is 0. The van der Waals surface area contributed by atoms with Gasteiger partial charge in [-0.1, -0.05) is 30.3 Å². The van der Waals surface area contributed by atoms with E-state index in [1.807, 2.05) is 47.0 Å². The number of piperazine rings is 1. The van der Waals surface area contributed by atoms with Crippen LogP contribution in [0.15, 0.2) is 71.5 Å². The number of imidazole rings is 1. The first kappa shape index (κ1) is 27.3. The first-order valence-electron chi connectivity index (χ1n) is 12.3. The number of fused-ring (bicyclic) bond motifs is 2. The Labute approximate surface area is 226 Å². The Bertz CT molecular complexity index is 1410. The number of H-pyrrole nitrogens is 1. The van der Waals surface area contributed by atoms with E-state index in [0.717, 1.165) is 66.9 Å². The number of halogens is 4. The predicted octanol–water partition coefficient (Wildman–Crippen LogP) is 5.35. The van der Waals surface area contributed by atoms with Gasteiger partial charge in [0.25, 0.3) is 0 Å². The van der Waals surface area contributed by atoms with Gasteiger partial charge in [-0.15, -0.1) is 24.8 Å². The van der Waals surface area contributed by atoms with Gasteiger partial charge in [-0.3, -0.25) is 14.4 Å². The average Bonchev–Trinajstić information content (AvgIpc) is 3.40. The van der Waals surface area contributed by atoms with Crippen LogP contribution in [0.4, 0.5) is 8.78 Å². The quantitative estimate of drug-likeness (QED) is 0.367. The highest BCUT2D eigenvalue weighted by molar-refractivity contribution is 5.85. The van der Waals surface area contributed by atoms with Crippen LogP contribution in [-0.2, 0) is 6.54 Å². The van der Waals surface area contributed by atoms with Crippen molar-refractivity contribution in [2.24, 2.45) is 0 Å². The van der Waals surface area contributed by atoms with Crippen LogP contribution >= 0.6 is 24.8 Å². The first-order chi connectivity index (χ1) is 17.1. The highest BCUT2D eigenvalue weighted by Crippen LogP contribution is 2.47. The number of nitrogens with zero attached hydrogens (tertiary/aromatic N) is 3. The van der Waals surface area contributed by atoms with Crippen molar-refractivity contribution in [2.45, 2.75) is 24.9 Å². The molecule has 0 spiro atoms. The number of hydrogen-bond acceptors (Lipinski definition) is 3. The van der Waals surface area contributed by atoms with E-state index in [1.54, 1.807) is 6.07 Å². The summed E-state index contributed by atoms with van der Waals surface area (Å²) in [7, 11) is 0. The molecule has 2 aliphatic rings. The lowest BCUT2D eigenvalue weighted by molar-refractivity contribution is 0.0926.